The Kier molecular flexibility index (Phi) is 2.45. The lowest BCUT2D eigenvalue weighted by molar-refractivity contribution is 0.475. The molecule has 0 aliphatic carbocycles. The molecule has 0 atom stereocenters. The van der Waals surface area contributed by atoms with Crippen molar-refractivity contribution >= 4 is 22.6 Å². The topological polar surface area (TPSA) is 50.9 Å². The van der Waals surface area contributed by atoms with Crippen molar-refractivity contribution in [3.05, 3.63) is 41.7 Å². The highest BCUT2D eigenvalue weighted by atomic mass is 35.5. The maximum Gasteiger partial charge on any atom is 0.142 e. The molecule has 3 rings (SSSR count). The van der Waals surface area contributed by atoms with Gasteiger partial charge in [-0.25, -0.2) is 4.98 Å². The third-order valence-corrected chi connectivity index (χ3v) is 3.20. The van der Waals surface area contributed by atoms with Crippen LogP contribution in [0.1, 0.15) is 0 Å². The second kappa shape index (κ2) is 3.99. The molecule has 1 N–H and O–H groups in total. The predicted octanol–water partition coefficient (Wildman–Crippen LogP) is 2.99. The molecular formula is C13H10ClN3O. The van der Waals surface area contributed by atoms with E-state index in [0.29, 0.717) is 16.4 Å². The second-order valence-corrected chi connectivity index (χ2v) is 4.43. The first-order chi connectivity index (χ1) is 8.66. The molecule has 0 fully saturated rings. The van der Waals surface area contributed by atoms with E-state index in [1.807, 2.05) is 17.7 Å². The second-order valence-electron chi connectivity index (χ2n) is 4.02. The summed E-state index contributed by atoms with van der Waals surface area (Å²) in [6.45, 7) is 0. The van der Waals surface area contributed by atoms with Crippen molar-refractivity contribution in [3.63, 3.8) is 0 Å². The lowest BCUT2D eigenvalue weighted by atomic mass is 10.2. The highest BCUT2D eigenvalue weighted by molar-refractivity contribution is 6.33. The summed E-state index contributed by atoms with van der Waals surface area (Å²) < 4.78 is 1.91. The zero-order chi connectivity index (χ0) is 12.7. The summed E-state index contributed by atoms with van der Waals surface area (Å²) >= 11 is 6.15. The Morgan fingerprint density at radius 2 is 2.11 bits per heavy atom. The smallest absolute Gasteiger partial charge is 0.142 e. The number of halogens is 1. The van der Waals surface area contributed by atoms with Gasteiger partial charge in [-0.3, -0.25) is 4.98 Å². The Labute approximate surface area is 108 Å². The van der Waals surface area contributed by atoms with Crippen LogP contribution in [0.2, 0.25) is 5.02 Å². The number of imidazole rings is 1. The minimum atomic E-state index is 0.166. The van der Waals surface area contributed by atoms with Gasteiger partial charge in [-0.2, -0.15) is 0 Å². The molecular weight excluding hydrogens is 250 g/mol. The Bertz CT molecular complexity index is 736. The van der Waals surface area contributed by atoms with Crippen molar-refractivity contribution in [1.82, 2.24) is 14.5 Å². The average Bonchev–Trinajstić information content (AvgIpc) is 2.71. The van der Waals surface area contributed by atoms with Gasteiger partial charge in [0.05, 0.1) is 22.3 Å². The van der Waals surface area contributed by atoms with Crippen molar-refractivity contribution in [1.29, 1.82) is 0 Å². The molecule has 4 nitrogen and oxygen atoms in total. The standard InChI is InChI=1S/C13H10ClN3O/c1-17-12-7-15-5-4-11(12)16-13(17)9-6-8(18)2-3-10(9)14/h2-7,18H,1H3. The molecule has 2 aromatic heterocycles. The molecule has 3 aromatic rings. The Morgan fingerprint density at radius 3 is 2.89 bits per heavy atom. The van der Waals surface area contributed by atoms with Gasteiger partial charge in [0.15, 0.2) is 0 Å². The van der Waals surface area contributed by atoms with Crippen LogP contribution in [0.15, 0.2) is 36.7 Å². The van der Waals surface area contributed by atoms with E-state index in [1.165, 1.54) is 0 Å². The van der Waals surface area contributed by atoms with Crippen LogP contribution in [0.5, 0.6) is 5.75 Å². The molecule has 0 aliphatic heterocycles. The average molecular weight is 260 g/mol. The van der Waals surface area contributed by atoms with Crippen LogP contribution < -0.4 is 0 Å². The number of pyridine rings is 1. The number of aromatic nitrogens is 3. The molecule has 0 saturated heterocycles. The van der Waals surface area contributed by atoms with E-state index < -0.39 is 0 Å². The number of fused-ring (bicyclic) bond motifs is 1. The fourth-order valence-corrected chi connectivity index (χ4v) is 2.16. The SMILES string of the molecule is Cn1c(-c2cc(O)ccc2Cl)nc2ccncc21. The summed E-state index contributed by atoms with van der Waals surface area (Å²) in [4.78, 5) is 8.59. The molecule has 0 radical (unpaired) electrons. The van der Waals surface area contributed by atoms with Crippen LogP contribution in [-0.2, 0) is 7.05 Å². The molecule has 2 heterocycles. The van der Waals surface area contributed by atoms with E-state index >= 15 is 0 Å². The highest BCUT2D eigenvalue weighted by Gasteiger charge is 2.13. The maximum absolute atomic E-state index is 9.56. The summed E-state index contributed by atoms with van der Waals surface area (Å²) in [6, 6.07) is 6.66. The summed E-state index contributed by atoms with van der Waals surface area (Å²) in [7, 11) is 1.90. The molecule has 0 saturated carbocycles. The van der Waals surface area contributed by atoms with Crippen molar-refractivity contribution in [2.45, 2.75) is 0 Å². The Balaban J connectivity index is 2.31. The van der Waals surface area contributed by atoms with Gasteiger partial charge < -0.3 is 9.67 Å². The van der Waals surface area contributed by atoms with E-state index in [1.54, 1.807) is 30.6 Å². The fourth-order valence-electron chi connectivity index (χ4n) is 1.96. The molecule has 0 amide bonds. The zero-order valence-electron chi connectivity index (χ0n) is 9.63. The van der Waals surface area contributed by atoms with Gasteiger partial charge in [-0.05, 0) is 24.3 Å². The zero-order valence-corrected chi connectivity index (χ0v) is 10.4. The van der Waals surface area contributed by atoms with Crippen LogP contribution in [0.25, 0.3) is 22.4 Å². The summed E-state index contributed by atoms with van der Waals surface area (Å²) in [5.74, 6) is 0.874. The van der Waals surface area contributed by atoms with Gasteiger partial charge in [0, 0.05) is 18.8 Å². The molecule has 5 heteroatoms. The number of nitrogens with zero attached hydrogens (tertiary/aromatic N) is 3. The fraction of sp³-hybridized carbons (Fsp3) is 0.0769. The van der Waals surface area contributed by atoms with Crippen LogP contribution in [0.4, 0.5) is 0 Å². The van der Waals surface area contributed by atoms with Crippen molar-refractivity contribution in [2.75, 3.05) is 0 Å². The lowest BCUT2D eigenvalue weighted by Gasteiger charge is -2.05. The molecule has 0 spiro atoms. The van der Waals surface area contributed by atoms with E-state index in [4.69, 9.17) is 11.6 Å². The number of hydrogen-bond acceptors (Lipinski definition) is 3. The largest absolute Gasteiger partial charge is 0.508 e. The quantitative estimate of drug-likeness (QED) is 0.731. The summed E-state index contributed by atoms with van der Waals surface area (Å²) in [5, 5.41) is 10.1. The van der Waals surface area contributed by atoms with E-state index in [-0.39, 0.29) is 5.75 Å². The van der Waals surface area contributed by atoms with Crippen molar-refractivity contribution in [3.8, 4) is 17.1 Å². The Hall–Kier alpha value is -2.07. The summed E-state index contributed by atoms with van der Waals surface area (Å²) in [6.07, 6.45) is 3.45. The number of phenolic OH excluding ortho intramolecular Hbond substituents is 1. The molecule has 18 heavy (non-hydrogen) atoms. The number of aryl methyl sites for hydroxylation is 1. The van der Waals surface area contributed by atoms with Gasteiger partial charge in [0.1, 0.15) is 11.6 Å². The number of rotatable bonds is 1. The van der Waals surface area contributed by atoms with Gasteiger partial charge >= 0.3 is 0 Å². The van der Waals surface area contributed by atoms with Crippen LogP contribution in [0, 0.1) is 0 Å². The molecule has 0 bridgehead atoms. The third-order valence-electron chi connectivity index (χ3n) is 2.87. The van der Waals surface area contributed by atoms with E-state index in [0.717, 1.165) is 11.0 Å². The van der Waals surface area contributed by atoms with Crippen LogP contribution in [-0.4, -0.2) is 19.6 Å². The first-order valence-electron chi connectivity index (χ1n) is 5.42. The van der Waals surface area contributed by atoms with Crippen molar-refractivity contribution in [2.24, 2.45) is 7.05 Å². The monoisotopic (exact) mass is 259 g/mol. The van der Waals surface area contributed by atoms with E-state index in [2.05, 4.69) is 9.97 Å². The maximum atomic E-state index is 9.56. The van der Waals surface area contributed by atoms with Crippen LogP contribution >= 0.6 is 11.6 Å². The Morgan fingerprint density at radius 1 is 1.28 bits per heavy atom. The minimum absolute atomic E-state index is 0.166. The first kappa shape index (κ1) is 11.0. The number of benzene rings is 1. The van der Waals surface area contributed by atoms with Crippen molar-refractivity contribution < 1.29 is 5.11 Å². The first-order valence-corrected chi connectivity index (χ1v) is 5.80. The molecule has 0 unspecified atom stereocenters. The van der Waals surface area contributed by atoms with Crippen LogP contribution in [0.3, 0.4) is 0 Å². The van der Waals surface area contributed by atoms with Gasteiger partial charge in [0.2, 0.25) is 0 Å². The number of phenols is 1. The molecule has 90 valence electrons. The molecule has 1 aromatic carbocycles. The molecule has 0 aliphatic rings. The number of hydrogen-bond donors (Lipinski definition) is 1. The van der Waals surface area contributed by atoms with Gasteiger partial charge in [-0.15, -0.1) is 0 Å². The lowest BCUT2D eigenvalue weighted by Crippen LogP contribution is -1.93. The van der Waals surface area contributed by atoms with Gasteiger partial charge in [0.25, 0.3) is 0 Å². The van der Waals surface area contributed by atoms with E-state index in [9.17, 15) is 5.11 Å². The third kappa shape index (κ3) is 1.62. The summed E-state index contributed by atoms with van der Waals surface area (Å²) in [5.41, 5.74) is 2.48. The van der Waals surface area contributed by atoms with Gasteiger partial charge in [-0.1, -0.05) is 11.6 Å². The minimum Gasteiger partial charge on any atom is -0.508 e. The highest BCUT2D eigenvalue weighted by Crippen LogP contribution is 2.31. The normalized spacial score (nSPS) is 11.0. The predicted molar refractivity (Wildman–Crippen MR) is 70.6 cm³/mol. The number of aromatic hydroxyl groups is 1.